The molecule has 1 aliphatic rings. The molecule has 1 saturated heterocycles. The average Bonchev–Trinajstić information content (AvgIpc) is 2.68. The summed E-state index contributed by atoms with van der Waals surface area (Å²) in [6.07, 6.45) is 4.49. The van der Waals surface area contributed by atoms with Crippen molar-refractivity contribution in [2.45, 2.75) is 37.8 Å². The van der Waals surface area contributed by atoms with E-state index in [9.17, 15) is 5.11 Å². The van der Waals surface area contributed by atoms with Gasteiger partial charge in [-0.1, -0.05) is 30.3 Å². The van der Waals surface area contributed by atoms with Gasteiger partial charge in [0.15, 0.2) is 0 Å². The third kappa shape index (κ3) is 4.41. The largest absolute Gasteiger partial charge is 0.395 e. The van der Waals surface area contributed by atoms with Crippen molar-refractivity contribution in [3.63, 3.8) is 0 Å². The fraction of sp³-hybridized carbons (Fsp3) is 0.600. The third-order valence-corrected chi connectivity index (χ3v) is 3.59. The Kier molecular flexibility index (Phi) is 5.65. The van der Waals surface area contributed by atoms with Crippen LogP contribution < -0.4 is 10.6 Å². The molecule has 0 spiro atoms. The molecule has 1 heterocycles. The van der Waals surface area contributed by atoms with Crippen LogP contribution in [0.4, 0.5) is 0 Å². The molecule has 18 heavy (non-hydrogen) atoms. The SMILES string of the molecule is OC[C@H](Cc1ccccc1)NC1CCCNCC1. The average molecular weight is 248 g/mol. The highest BCUT2D eigenvalue weighted by Gasteiger charge is 2.16. The molecule has 100 valence electrons. The summed E-state index contributed by atoms with van der Waals surface area (Å²) < 4.78 is 0. The van der Waals surface area contributed by atoms with Gasteiger partial charge in [0, 0.05) is 12.1 Å². The number of hydrogen-bond acceptors (Lipinski definition) is 3. The second-order valence-electron chi connectivity index (χ2n) is 5.11. The Morgan fingerprint density at radius 3 is 2.83 bits per heavy atom. The first-order valence-electron chi connectivity index (χ1n) is 7.00. The summed E-state index contributed by atoms with van der Waals surface area (Å²) >= 11 is 0. The molecular formula is C15H24N2O. The molecule has 0 aromatic heterocycles. The Balaban J connectivity index is 1.84. The minimum absolute atomic E-state index is 0.176. The molecule has 0 amide bonds. The predicted octanol–water partition coefficient (Wildman–Crippen LogP) is 1.32. The first-order chi connectivity index (χ1) is 8.88. The van der Waals surface area contributed by atoms with E-state index >= 15 is 0 Å². The molecule has 0 aliphatic carbocycles. The van der Waals surface area contributed by atoms with Gasteiger partial charge in [0.25, 0.3) is 0 Å². The van der Waals surface area contributed by atoms with Crippen molar-refractivity contribution < 1.29 is 5.11 Å². The van der Waals surface area contributed by atoms with Crippen LogP contribution in [-0.4, -0.2) is 36.9 Å². The van der Waals surface area contributed by atoms with Gasteiger partial charge in [-0.3, -0.25) is 0 Å². The monoisotopic (exact) mass is 248 g/mol. The molecule has 1 aromatic rings. The van der Waals surface area contributed by atoms with E-state index in [1.54, 1.807) is 0 Å². The molecule has 3 N–H and O–H groups in total. The van der Waals surface area contributed by atoms with Crippen LogP contribution in [0.25, 0.3) is 0 Å². The normalized spacial score (nSPS) is 22.4. The molecule has 3 nitrogen and oxygen atoms in total. The quantitative estimate of drug-likeness (QED) is 0.736. The third-order valence-electron chi connectivity index (χ3n) is 3.59. The summed E-state index contributed by atoms with van der Waals surface area (Å²) in [7, 11) is 0. The van der Waals surface area contributed by atoms with Crippen molar-refractivity contribution in [1.29, 1.82) is 0 Å². The van der Waals surface area contributed by atoms with Crippen molar-refractivity contribution in [3.05, 3.63) is 35.9 Å². The Morgan fingerprint density at radius 1 is 1.22 bits per heavy atom. The Morgan fingerprint density at radius 2 is 2.06 bits per heavy atom. The van der Waals surface area contributed by atoms with E-state index < -0.39 is 0 Å². The second-order valence-corrected chi connectivity index (χ2v) is 5.11. The highest BCUT2D eigenvalue weighted by Crippen LogP contribution is 2.09. The first kappa shape index (κ1) is 13.5. The van der Waals surface area contributed by atoms with Gasteiger partial charge in [-0.2, -0.15) is 0 Å². The van der Waals surface area contributed by atoms with Gasteiger partial charge in [-0.05, 0) is 44.3 Å². The number of aliphatic hydroxyl groups excluding tert-OH is 1. The van der Waals surface area contributed by atoms with E-state index in [0.29, 0.717) is 6.04 Å². The molecule has 1 aromatic carbocycles. The summed E-state index contributed by atoms with van der Waals surface area (Å²) in [6.45, 7) is 2.42. The molecule has 1 aliphatic heterocycles. The topological polar surface area (TPSA) is 44.3 Å². The molecule has 1 fully saturated rings. The van der Waals surface area contributed by atoms with Crippen LogP contribution in [0.15, 0.2) is 30.3 Å². The van der Waals surface area contributed by atoms with Crippen LogP contribution >= 0.6 is 0 Å². The smallest absolute Gasteiger partial charge is 0.0587 e. The van der Waals surface area contributed by atoms with E-state index in [0.717, 1.165) is 25.9 Å². The van der Waals surface area contributed by atoms with Crippen LogP contribution in [0.5, 0.6) is 0 Å². The van der Waals surface area contributed by atoms with E-state index in [2.05, 4.69) is 34.9 Å². The van der Waals surface area contributed by atoms with Crippen LogP contribution in [0.1, 0.15) is 24.8 Å². The summed E-state index contributed by atoms with van der Waals surface area (Å²) in [5.41, 5.74) is 1.29. The summed E-state index contributed by atoms with van der Waals surface area (Å²) in [4.78, 5) is 0. The van der Waals surface area contributed by atoms with Crippen molar-refractivity contribution in [2.24, 2.45) is 0 Å². The standard InChI is InChI=1S/C15H24N2O/c18-12-15(11-13-5-2-1-3-6-13)17-14-7-4-9-16-10-8-14/h1-3,5-6,14-18H,4,7-12H2/t14?,15-/m0/s1. The lowest BCUT2D eigenvalue weighted by Gasteiger charge is -2.23. The second kappa shape index (κ2) is 7.52. The van der Waals surface area contributed by atoms with E-state index in [4.69, 9.17) is 0 Å². The first-order valence-corrected chi connectivity index (χ1v) is 7.00. The number of rotatable bonds is 5. The molecule has 2 atom stereocenters. The number of benzene rings is 1. The van der Waals surface area contributed by atoms with Crippen molar-refractivity contribution >= 4 is 0 Å². The van der Waals surface area contributed by atoms with Gasteiger partial charge in [0.1, 0.15) is 0 Å². The zero-order chi connectivity index (χ0) is 12.6. The van der Waals surface area contributed by atoms with Gasteiger partial charge < -0.3 is 15.7 Å². The van der Waals surface area contributed by atoms with Crippen molar-refractivity contribution in [1.82, 2.24) is 10.6 Å². The zero-order valence-electron chi connectivity index (χ0n) is 10.9. The highest BCUT2D eigenvalue weighted by atomic mass is 16.3. The highest BCUT2D eigenvalue weighted by molar-refractivity contribution is 5.15. The summed E-state index contributed by atoms with van der Waals surface area (Å²) in [5.74, 6) is 0. The predicted molar refractivity (Wildman–Crippen MR) is 74.7 cm³/mol. The minimum Gasteiger partial charge on any atom is -0.395 e. The molecule has 0 saturated carbocycles. The lowest BCUT2D eigenvalue weighted by molar-refractivity contribution is 0.226. The molecule has 3 heteroatoms. The van der Waals surface area contributed by atoms with Crippen molar-refractivity contribution in [3.8, 4) is 0 Å². The fourth-order valence-corrected chi connectivity index (χ4v) is 2.59. The maximum absolute atomic E-state index is 9.51. The van der Waals surface area contributed by atoms with Gasteiger partial charge >= 0.3 is 0 Å². The van der Waals surface area contributed by atoms with Gasteiger partial charge in [-0.25, -0.2) is 0 Å². The number of aliphatic hydroxyl groups is 1. The number of hydrogen-bond donors (Lipinski definition) is 3. The molecule has 0 radical (unpaired) electrons. The number of nitrogens with one attached hydrogen (secondary N) is 2. The zero-order valence-corrected chi connectivity index (χ0v) is 10.9. The van der Waals surface area contributed by atoms with Crippen LogP contribution in [0.3, 0.4) is 0 Å². The Bertz CT molecular complexity index is 321. The van der Waals surface area contributed by atoms with Gasteiger partial charge in [0.2, 0.25) is 0 Å². The molecular weight excluding hydrogens is 224 g/mol. The maximum Gasteiger partial charge on any atom is 0.0587 e. The van der Waals surface area contributed by atoms with Gasteiger partial charge in [-0.15, -0.1) is 0 Å². The maximum atomic E-state index is 9.51. The minimum atomic E-state index is 0.176. The molecule has 1 unspecified atom stereocenters. The van der Waals surface area contributed by atoms with Crippen LogP contribution in [0, 0.1) is 0 Å². The van der Waals surface area contributed by atoms with Crippen LogP contribution in [0.2, 0.25) is 0 Å². The lowest BCUT2D eigenvalue weighted by atomic mass is 10.0. The van der Waals surface area contributed by atoms with Crippen molar-refractivity contribution in [2.75, 3.05) is 19.7 Å². The summed E-state index contributed by atoms with van der Waals surface area (Å²) in [5, 5.41) is 16.5. The Labute approximate surface area is 110 Å². The molecule has 2 rings (SSSR count). The summed E-state index contributed by atoms with van der Waals surface area (Å²) in [6, 6.07) is 11.1. The van der Waals surface area contributed by atoms with E-state index in [1.165, 1.54) is 18.4 Å². The van der Waals surface area contributed by atoms with Gasteiger partial charge in [0.05, 0.1) is 6.61 Å². The van der Waals surface area contributed by atoms with Crippen LogP contribution in [-0.2, 0) is 6.42 Å². The molecule has 0 bridgehead atoms. The van der Waals surface area contributed by atoms with E-state index in [-0.39, 0.29) is 12.6 Å². The lowest BCUT2D eigenvalue weighted by Crippen LogP contribution is -2.42. The Hall–Kier alpha value is -0.900. The van der Waals surface area contributed by atoms with E-state index in [1.807, 2.05) is 6.07 Å². The fourth-order valence-electron chi connectivity index (χ4n) is 2.59.